The molecule has 0 fully saturated rings. The second-order valence-corrected chi connectivity index (χ2v) is 3.54. The van der Waals surface area contributed by atoms with E-state index in [4.69, 9.17) is 0 Å². The van der Waals surface area contributed by atoms with Gasteiger partial charge in [0, 0.05) is 18.5 Å². The van der Waals surface area contributed by atoms with E-state index in [0.29, 0.717) is 6.54 Å². The molecule has 0 saturated carbocycles. The number of hydrogen-bond acceptors (Lipinski definition) is 1. The Morgan fingerprint density at radius 1 is 1.27 bits per heavy atom. The van der Waals surface area contributed by atoms with E-state index in [1.807, 2.05) is 13.0 Å². The smallest absolute Gasteiger partial charge is 0.273 e. The third-order valence-corrected chi connectivity index (χ3v) is 2.37. The summed E-state index contributed by atoms with van der Waals surface area (Å²) in [4.78, 5) is 0. The van der Waals surface area contributed by atoms with Crippen molar-refractivity contribution in [3.63, 3.8) is 0 Å². The number of halogens is 2. The van der Waals surface area contributed by atoms with Gasteiger partial charge in [0.2, 0.25) is 0 Å². The molecule has 3 heteroatoms. The zero-order valence-electron chi connectivity index (χ0n) is 9.19. The van der Waals surface area contributed by atoms with Gasteiger partial charge < -0.3 is 5.32 Å². The average molecular weight is 213 g/mol. The zero-order valence-corrected chi connectivity index (χ0v) is 9.19. The standard InChI is InChI=1S/C12H17F2N/c1-3-12(13,14)11-7-5-6-10(8-11)9-15-4-2/h5-8,15H,3-4,9H2,1-2H3. The van der Waals surface area contributed by atoms with Crippen LogP contribution in [0, 0.1) is 0 Å². The third kappa shape index (κ3) is 3.27. The molecule has 0 bridgehead atoms. The molecule has 1 N–H and O–H groups in total. The van der Waals surface area contributed by atoms with Crippen molar-refractivity contribution in [1.29, 1.82) is 0 Å². The Bertz CT molecular complexity index is 310. The molecule has 84 valence electrons. The molecule has 1 aromatic rings. The van der Waals surface area contributed by atoms with Gasteiger partial charge >= 0.3 is 0 Å². The lowest BCUT2D eigenvalue weighted by Crippen LogP contribution is -2.14. The van der Waals surface area contributed by atoms with Crippen molar-refractivity contribution in [1.82, 2.24) is 5.32 Å². The van der Waals surface area contributed by atoms with Crippen molar-refractivity contribution < 1.29 is 8.78 Å². The Balaban J connectivity index is 2.82. The Hall–Kier alpha value is -0.960. The minimum absolute atomic E-state index is 0.111. The molecule has 0 amide bonds. The van der Waals surface area contributed by atoms with Gasteiger partial charge in [0.05, 0.1) is 0 Å². The van der Waals surface area contributed by atoms with E-state index in [1.165, 1.54) is 13.0 Å². The molecule has 0 unspecified atom stereocenters. The molecule has 15 heavy (non-hydrogen) atoms. The minimum Gasteiger partial charge on any atom is -0.313 e. The topological polar surface area (TPSA) is 12.0 Å². The minimum atomic E-state index is -2.71. The van der Waals surface area contributed by atoms with Crippen LogP contribution in [-0.2, 0) is 12.5 Å². The number of benzene rings is 1. The van der Waals surface area contributed by atoms with Crippen LogP contribution < -0.4 is 5.32 Å². The van der Waals surface area contributed by atoms with Crippen molar-refractivity contribution >= 4 is 0 Å². The van der Waals surface area contributed by atoms with Crippen LogP contribution in [0.15, 0.2) is 24.3 Å². The molecule has 0 aliphatic rings. The van der Waals surface area contributed by atoms with Gasteiger partial charge in [0.15, 0.2) is 0 Å². The molecular weight excluding hydrogens is 196 g/mol. The second-order valence-electron chi connectivity index (χ2n) is 3.54. The fourth-order valence-electron chi connectivity index (χ4n) is 1.38. The molecule has 0 aliphatic carbocycles. The summed E-state index contributed by atoms with van der Waals surface area (Å²) in [5, 5.41) is 3.12. The van der Waals surface area contributed by atoms with Crippen LogP contribution in [0.1, 0.15) is 31.4 Å². The van der Waals surface area contributed by atoms with E-state index < -0.39 is 5.92 Å². The summed E-state index contributed by atoms with van der Waals surface area (Å²) in [5.41, 5.74) is 1.02. The van der Waals surface area contributed by atoms with E-state index >= 15 is 0 Å². The highest BCUT2D eigenvalue weighted by Gasteiger charge is 2.28. The summed E-state index contributed by atoms with van der Waals surface area (Å²) in [6.07, 6.45) is -0.155. The van der Waals surface area contributed by atoms with Crippen LogP contribution in [-0.4, -0.2) is 6.54 Å². The van der Waals surface area contributed by atoms with E-state index in [9.17, 15) is 8.78 Å². The number of hydrogen-bond donors (Lipinski definition) is 1. The molecule has 0 aliphatic heterocycles. The van der Waals surface area contributed by atoms with Crippen LogP contribution in [0.3, 0.4) is 0 Å². The highest BCUT2D eigenvalue weighted by molar-refractivity contribution is 5.26. The molecule has 0 aromatic heterocycles. The maximum atomic E-state index is 13.4. The predicted molar refractivity (Wildman–Crippen MR) is 58.0 cm³/mol. The molecule has 0 radical (unpaired) electrons. The van der Waals surface area contributed by atoms with E-state index in [2.05, 4.69) is 5.32 Å². The van der Waals surface area contributed by atoms with Gasteiger partial charge in [-0.3, -0.25) is 0 Å². The predicted octanol–water partition coefficient (Wildman–Crippen LogP) is 3.30. The zero-order chi connectivity index (χ0) is 11.3. The van der Waals surface area contributed by atoms with Crippen molar-refractivity contribution in [2.45, 2.75) is 32.7 Å². The first kappa shape index (κ1) is 12.1. The maximum absolute atomic E-state index is 13.4. The summed E-state index contributed by atoms with van der Waals surface area (Å²) in [5.74, 6) is -2.71. The van der Waals surface area contributed by atoms with E-state index in [1.54, 1.807) is 12.1 Å². The average Bonchev–Trinajstić information content (AvgIpc) is 2.27. The van der Waals surface area contributed by atoms with Gasteiger partial charge in [0.25, 0.3) is 5.92 Å². The lowest BCUT2D eigenvalue weighted by Gasteiger charge is -2.15. The Kier molecular flexibility index (Phi) is 4.21. The quantitative estimate of drug-likeness (QED) is 0.791. The summed E-state index contributed by atoms with van der Waals surface area (Å²) in [6.45, 7) is 4.97. The maximum Gasteiger partial charge on any atom is 0.273 e. The monoisotopic (exact) mass is 213 g/mol. The SMILES string of the molecule is CCNCc1cccc(C(F)(F)CC)c1. The molecule has 0 atom stereocenters. The van der Waals surface area contributed by atoms with Crippen molar-refractivity contribution in [2.75, 3.05) is 6.54 Å². The van der Waals surface area contributed by atoms with Gasteiger partial charge in [-0.1, -0.05) is 32.0 Å². The molecule has 1 aromatic carbocycles. The summed E-state index contributed by atoms with van der Waals surface area (Å²) in [6, 6.07) is 6.61. The first-order chi connectivity index (χ1) is 7.10. The molecule has 0 spiro atoms. The van der Waals surface area contributed by atoms with E-state index in [-0.39, 0.29) is 12.0 Å². The molecule has 0 heterocycles. The van der Waals surface area contributed by atoms with Crippen LogP contribution >= 0.6 is 0 Å². The van der Waals surface area contributed by atoms with Crippen LogP contribution in [0.25, 0.3) is 0 Å². The lowest BCUT2D eigenvalue weighted by atomic mass is 10.0. The Morgan fingerprint density at radius 2 is 2.00 bits per heavy atom. The summed E-state index contributed by atoms with van der Waals surface area (Å²) < 4.78 is 26.7. The van der Waals surface area contributed by atoms with Crippen LogP contribution in [0.5, 0.6) is 0 Å². The second kappa shape index (κ2) is 5.21. The third-order valence-electron chi connectivity index (χ3n) is 2.37. The fourth-order valence-corrected chi connectivity index (χ4v) is 1.38. The number of rotatable bonds is 5. The first-order valence-corrected chi connectivity index (χ1v) is 5.28. The van der Waals surface area contributed by atoms with Gasteiger partial charge in [0.1, 0.15) is 0 Å². The largest absolute Gasteiger partial charge is 0.313 e. The summed E-state index contributed by atoms with van der Waals surface area (Å²) in [7, 11) is 0. The lowest BCUT2D eigenvalue weighted by molar-refractivity contribution is -0.00836. The highest BCUT2D eigenvalue weighted by atomic mass is 19.3. The molecule has 0 saturated heterocycles. The van der Waals surface area contributed by atoms with Gasteiger partial charge in [-0.05, 0) is 18.2 Å². The van der Waals surface area contributed by atoms with Gasteiger partial charge in [-0.15, -0.1) is 0 Å². The van der Waals surface area contributed by atoms with Crippen molar-refractivity contribution in [3.8, 4) is 0 Å². The number of nitrogens with one attached hydrogen (secondary N) is 1. The Morgan fingerprint density at radius 3 is 2.60 bits per heavy atom. The molecular formula is C12H17F2N. The normalized spacial score (nSPS) is 11.7. The summed E-state index contributed by atoms with van der Waals surface area (Å²) >= 11 is 0. The fraction of sp³-hybridized carbons (Fsp3) is 0.500. The van der Waals surface area contributed by atoms with Crippen molar-refractivity contribution in [2.24, 2.45) is 0 Å². The highest BCUT2D eigenvalue weighted by Crippen LogP contribution is 2.31. The van der Waals surface area contributed by atoms with Crippen LogP contribution in [0.2, 0.25) is 0 Å². The van der Waals surface area contributed by atoms with Gasteiger partial charge in [-0.25, -0.2) is 8.78 Å². The molecule has 1 rings (SSSR count). The van der Waals surface area contributed by atoms with Crippen LogP contribution in [0.4, 0.5) is 8.78 Å². The first-order valence-electron chi connectivity index (χ1n) is 5.28. The van der Waals surface area contributed by atoms with E-state index in [0.717, 1.165) is 12.1 Å². The number of alkyl halides is 2. The van der Waals surface area contributed by atoms with Crippen molar-refractivity contribution in [3.05, 3.63) is 35.4 Å². The van der Waals surface area contributed by atoms with Gasteiger partial charge in [-0.2, -0.15) is 0 Å². The Labute approximate surface area is 89.5 Å². The molecule has 1 nitrogen and oxygen atoms in total.